The minimum absolute atomic E-state index is 0.118. The predicted molar refractivity (Wildman–Crippen MR) is 126 cm³/mol. The number of benzene rings is 2. The van der Waals surface area contributed by atoms with Gasteiger partial charge in [0, 0.05) is 12.5 Å². The van der Waals surface area contributed by atoms with Gasteiger partial charge in [0.05, 0.1) is 0 Å². The van der Waals surface area contributed by atoms with Crippen molar-refractivity contribution in [3.05, 3.63) is 54.1 Å². The Kier molecular flexibility index (Phi) is 9.59. The molecule has 1 aliphatic rings. The fourth-order valence-corrected chi connectivity index (χ4v) is 5.13. The molecular formula is C24H34NO7P. The first-order valence-corrected chi connectivity index (χ1v) is 13.1. The second-order valence-electron chi connectivity index (χ2n) is 8.55. The normalized spacial score (nSPS) is 16.8. The van der Waals surface area contributed by atoms with E-state index in [2.05, 4.69) is 5.32 Å². The Balaban J connectivity index is 1.39. The standard InChI is InChI=1S/C24H34NO7P/c26-20-8-12-22(13-9-20)31-17-21(27)16-25-15-14-18-6-10-23(11-7-18)32-24(33(28,29)30)19-4-2-1-3-5-19/h6-13,19,21,24-27H,1-5,14-17H2,(H2,28,29,30)/t21-,24?/m0/s1. The van der Waals surface area contributed by atoms with Gasteiger partial charge in [0.2, 0.25) is 5.85 Å². The average molecular weight is 480 g/mol. The lowest BCUT2D eigenvalue weighted by atomic mass is 9.90. The van der Waals surface area contributed by atoms with Crippen molar-refractivity contribution >= 4 is 7.60 Å². The smallest absolute Gasteiger partial charge is 0.365 e. The lowest BCUT2D eigenvalue weighted by molar-refractivity contribution is 0.106. The second kappa shape index (κ2) is 12.4. The molecule has 1 aliphatic carbocycles. The lowest BCUT2D eigenvalue weighted by Crippen LogP contribution is -2.32. The lowest BCUT2D eigenvalue weighted by Gasteiger charge is -2.30. The summed E-state index contributed by atoms with van der Waals surface area (Å²) in [5, 5.41) is 22.5. The van der Waals surface area contributed by atoms with Gasteiger partial charge in [-0.3, -0.25) is 4.57 Å². The second-order valence-corrected chi connectivity index (χ2v) is 10.2. The van der Waals surface area contributed by atoms with E-state index in [1.165, 1.54) is 12.1 Å². The number of hydrogen-bond acceptors (Lipinski definition) is 6. The number of aliphatic hydroxyl groups excluding tert-OH is 1. The third-order valence-corrected chi connectivity index (χ3v) is 7.00. The van der Waals surface area contributed by atoms with Crippen LogP contribution < -0.4 is 14.8 Å². The molecule has 1 fully saturated rings. The summed E-state index contributed by atoms with van der Waals surface area (Å²) < 4.78 is 23.2. The number of phenolic OH excluding ortho intramolecular Hbond substituents is 1. The number of rotatable bonds is 12. The van der Waals surface area contributed by atoms with Gasteiger partial charge in [0.1, 0.15) is 30.0 Å². The van der Waals surface area contributed by atoms with Crippen molar-refractivity contribution in [2.24, 2.45) is 5.92 Å². The van der Waals surface area contributed by atoms with Gasteiger partial charge >= 0.3 is 7.60 Å². The van der Waals surface area contributed by atoms with Crippen LogP contribution in [0.1, 0.15) is 37.7 Å². The Bertz CT molecular complexity index is 879. The van der Waals surface area contributed by atoms with Crippen molar-refractivity contribution in [3.8, 4) is 17.2 Å². The molecule has 0 aliphatic heterocycles. The average Bonchev–Trinajstić information content (AvgIpc) is 2.80. The zero-order valence-corrected chi connectivity index (χ0v) is 19.6. The van der Waals surface area contributed by atoms with E-state index in [1.54, 1.807) is 24.3 Å². The van der Waals surface area contributed by atoms with Crippen LogP contribution in [0.25, 0.3) is 0 Å². The maximum absolute atomic E-state index is 12.0. The highest BCUT2D eigenvalue weighted by Gasteiger charge is 2.38. The quantitative estimate of drug-likeness (QED) is 0.231. The molecule has 3 rings (SSSR count). The van der Waals surface area contributed by atoms with Crippen molar-refractivity contribution in [3.63, 3.8) is 0 Å². The molecule has 2 atom stereocenters. The van der Waals surface area contributed by atoms with Crippen LogP contribution in [0.2, 0.25) is 0 Å². The van der Waals surface area contributed by atoms with Gasteiger partial charge < -0.3 is 34.8 Å². The van der Waals surface area contributed by atoms with Crippen molar-refractivity contribution in [1.29, 1.82) is 0 Å². The van der Waals surface area contributed by atoms with Crippen molar-refractivity contribution < 1.29 is 34.0 Å². The zero-order chi connectivity index (χ0) is 23.7. The predicted octanol–water partition coefficient (Wildman–Crippen LogP) is 3.43. The summed E-state index contributed by atoms with van der Waals surface area (Å²) in [6.07, 6.45) is 4.70. The maximum atomic E-state index is 12.0. The van der Waals surface area contributed by atoms with Crippen LogP contribution in [0, 0.1) is 5.92 Å². The molecule has 9 heteroatoms. The first kappa shape index (κ1) is 25.5. The van der Waals surface area contributed by atoms with E-state index in [4.69, 9.17) is 9.47 Å². The summed E-state index contributed by atoms with van der Waals surface area (Å²) in [4.78, 5) is 19.6. The molecule has 182 valence electrons. The monoisotopic (exact) mass is 479 g/mol. The topological polar surface area (TPSA) is 128 Å². The number of hydrogen-bond donors (Lipinski definition) is 5. The number of phenols is 1. The summed E-state index contributed by atoms with van der Waals surface area (Å²) in [7, 11) is -4.36. The van der Waals surface area contributed by atoms with E-state index in [9.17, 15) is 24.6 Å². The molecule has 0 heterocycles. The molecule has 8 nitrogen and oxygen atoms in total. The Morgan fingerprint density at radius 1 is 0.970 bits per heavy atom. The first-order valence-electron chi connectivity index (χ1n) is 11.4. The summed E-state index contributed by atoms with van der Waals surface area (Å²) in [5.41, 5.74) is 1.05. The molecular weight excluding hydrogens is 445 g/mol. The molecule has 1 unspecified atom stereocenters. The molecule has 0 bridgehead atoms. The van der Waals surface area contributed by atoms with E-state index in [0.717, 1.165) is 44.1 Å². The largest absolute Gasteiger partial charge is 0.508 e. The number of ether oxygens (including phenoxy) is 2. The summed E-state index contributed by atoms with van der Waals surface area (Å²) in [6, 6.07) is 13.6. The highest BCUT2D eigenvalue weighted by molar-refractivity contribution is 7.52. The van der Waals surface area contributed by atoms with Crippen molar-refractivity contribution in [2.45, 2.75) is 50.5 Å². The SMILES string of the molecule is O=P(O)(O)C(Oc1ccc(CCNC[C@H](O)COc2ccc(O)cc2)cc1)C1CCCCC1. The van der Waals surface area contributed by atoms with Gasteiger partial charge in [-0.1, -0.05) is 31.4 Å². The van der Waals surface area contributed by atoms with Gasteiger partial charge in [-0.25, -0.2) is 0 Å². The van der Waals surface area contributed by atoms with Crippen LogP contribution >= 0.6 is 7.60 Å². The number of aliphatic hydroxyl groups is 1. The zero-order valence-electron chi connectivity index (χ0n) is 18.7. The Hall–Kier alpha value is -2.09. The minimum atomic E-state index is -4.36. The Labute approximate surface area is 194 Å². The summed E-state index contributed by atoms with van der Waals surface area (Å²) in [6.45, 7) is 1.18. The minimum Gasteiger partial charge on any atom is -0.508 e. The molecule has 5 N–H and O–H groups in total. The van der Waals surface area contributed by atoms with Gasteiger partial charge in [-0.05, 0) is 67.8 Å². The van der Waals surface area contributed by atoms with E-state index in [0.29, 0.717) is 24.6 Å². The van der Waals surface area contributed by atoms with Gasteiger partial charge in [0.15, 0.2) is 0 Å². The Morgan fingerprint density at radius 2 is 1.61 bits per heavy atom. The Morgan fingerprint density at radius 3 is 2.24 bits per heavy atom. The fourth-order valence-electron chi connectivity index (χ4n) is 4.03. The van der Waals surface area contributed by atoms with Gasteiger partial charge in [-0.2, -0.15) is 0 Å². The molecule has 1 saturated carbocycles. The molecule has 2 aromatic carbocycles. The molecule has 0 spiro atoms. The fraction of sp³-hybridized carbons (Fsp3) is 0.500. The molecule has 0 radical (unpaired) electrons. The van der Waals surface area contributed by atoms with Crippen LogP contribution in [0.15, 0.2) is 48.5 Å². The van der Waals surface area contributed by atoms with E-state index in [-0.39, 0.29) is 18.3 Å². The van der Waals surface area contributed by atoms with Crippen molar-refractivity contribution in [1.82, 2.24) is 5.32 Å². The third-order valence-electron chi connectivity index (χ3n) is 5.81. The van der Waals surface area contributed by atoms with Crippen LogP contribution in [0.4, 0.5) is 0 Å². The van der Waals surface area contributed by atoms with Crippen LogP contribution in [0.5, 0.6) is 17.2 Å². The van der Waals surface area contributed by atoms with Crippen LogP contribution in [0.3, 0.4) is 0 Å². The van der Waals surface area contributed by atoms with Gasteiger partial charge in [-0.15, -0.1) is 0 Å². The highest BCUT2D eigenvalue weighted by Crippen LogP contribution is 2.49. The molecule has 2 aromatic rings. The summed E-state index contributed by atoms with van der Waals surface area (Å²) >= 11 is 0. The maximum Gasteiger partial charge on any atom is 0.365 e. The molecule has 0 saturated heterocycles. The number of nitrogens with one attached hydrogen (secondary N) is 1. The first-order chi connectivity index (χ1) is 15.8. The third kappa shape index (κ3) is 8.65. The highest BCUT2D eigenvalue weighted by atomic mass is 31.2. The van der Waals surface area contributed by atoms with E-state index >= 15 is 0 Å². The summed E-state index contributed by atoms with van der Waals surface area (Å²) in [5.74, 6) is 0.00421. The van der Waals surface area contributed by atoms with E-state index < -0.39 is 19.5 Å². The molecule has 0 aromatic heterocycles. The van der Waals surface area contributed by atoms with Gasteiger partial charge in [0.25, 0.3) is 0 Å². The van der Waals surface area contributed by atoms with Crippen LogP contribution in [-0.2, 0) is 11.0 Å². The number of aromatic hydroxyl groups is 1. The van der Waals surface area contributed by atoms with E-state index in [1.807, 2.05) is 12.1 Å². The molecule has 0 amide bonds. The molecule has 33 heavy (non-hydrogen) atoms. The van der Waals surface area contributed by atoms with Crippen LogP contribution in [-0.4, -0.2) is 51.6 Å². The van der Waals surface area contributed by atoms with Crippen molar-refractivity contribution in [2.75, 3.05) is 19.7 Å².